The van der Waals surface area contributed by atoms with Gasteiger partial charge >= 0.3 is 5.97 Å². The minimum Gasteiger partial charge on any atom is -0.461 e. The fraction of sp³-hybridized carbons (Fsp3) is 0.133. The first-order chi connectivity index (χ1) is 11.5. The maximum atomic E-state index is 12.2. The van der Waals surface area contributed by atoms with Gasteiger partial charge < -0.3 is 4.74 Å². The zero-order valence-electron chi connectivity index (χ0n) is 12.6. The number of non-ortho nitro benzene ring substituents is 1. The number of aromatic nitrogens is 3. The molecule has 3 rings (SSSR count). The van der Waals surface area contributed by atoms with E-state index in [0.717, 1.165) is 4.52 Å². The zero-order valence-corrected chi connectivity index (χ0v) is 12.6. The van der Waals surface area contributed by atoms with Crippen LogP contribution in [-0.4, -0.2) is 32.1 Å². The molecule has 0 unspecified atom stereocenters. The molecule has 0 aliphatic rings. The van der Waals surface area contributed by atoms with Crippen molar-refractivity contribution in [2.24, 2.45) is 0 Å². The molecule has 2 heterocycles. The molecule has 1 N–H and O–H groups in total. The second-order valence-electron chi connectivity index (χ2n) is 4.87. The Morgan fingerprint density at radius 3 is 2.88 bits per heavy atom. The van der Waals surface area contributed by atoms with Gasteiger partial charge in [0.2, 0.25) is 0 Å². The van der Waals surface area contributed by atoms with Crippen LogP contribution in [0.3, 0.4) is 0 Å². The first-order valence-corrected chi connectivity index (χ1v) is 7.04. The number of carbonyl (C=O) groups is 1. The predicted octanol–water partition coefficient (Wildman–Crippen LogP) is 1.77. The molecule has 24 heavy (non-hydrogen) atoms. The summed E-state index contributed by atoms with van der Waals surface area (Å²) in [6.45, 7) is 1.88. The summed E-state index contributed by atoms with van der Waals surface area (Å²) in [6.07, 6.45) is 0. The monoisotopic (exact) mass is 328 g/mol. The van der Waals surface area contributed by atoms with Gasteiger partial charge in [-0.1, -0.05) is 12.1 Å². The van der Waals surface area contributed by atoms with Crippen LogP contribution in [-0.2, 0) is 4.74 Å². The standard InChI is InChI=1S/C15H12N4O5/c1-2-24-15(21)12-7-13-16-11(8-14(20)18(13)17-12)9-4-3-5-10(6-9)19(22)23/h3-8,17H,2H2,1H3. The van der Waals surface area contributed by atoms with Gasteiger partial charge in [-0.3, -0.25) is 20.0 Å². The number of hydrogen-bond acceptors (Lipinski definition) is 6. The highest BCUT2D eigenvalue weighted by Crippen LogP contribution is 2.21. The molecule has 0 aliphatic carbocycles. The van der Waals surface area contributed by atoms with E-state index in [-0.39, 0.29) is 29.3 Å². The summed E-state index contributed by atoms with van der Waals surface area (Å²) in [5, 5.41) is 13.5. The van der Waals surface area contributed by atoms with Crippen LogP contribution < -0.4 is 5.56 Å². The molecular weight excluding hydrogens is 316 g/mol. The van der Waals surface area contributed by atoms with E-state index in [2.05, 4.69) is 10.1 Å². The molecular formula is C15H12N4O5. The molecule has 0 spiro atoms. The molecule has 9 heteroatoms. The maximum Gasteiger partial charge on any atom is 0.356 e. The third-order valence-corrected chi connectivity index (χ3v) is 3.30. The Labute approximate surface area is 134 Å². The third kappa shape index (κ3) is 2.74. The van der Waals surface area contributed by atoms with Crippen molar-refractivity contribution in [2.45, 2.75) is 6.92 Å². The van der Waals surface area contributed by atoms with E-state index in [1.165, 1.54) is 30.3 Å². The van der Waals surface area contributed by atoms with Gasteiger partial charge in [-0.05, 0) is 6.92 Å². The van der Waals surface area contributed by atoms with Crippen molar-refractivity contribution in [2.75, 3.05) is 6.61 Å². The Hall–Kier alpha value is -3.49. The lowest BCUT2D eigenvalue weighted by Crippen LogP contribution is -2.15. The van der Waals surface area contributed by atoms with Crippen LogP contribution in [0.15, 0.2) is 41.2 Å². The number of ether oxygens (including phenoxy) is 1. The fourth-order valence-corrected chi connectivity index (χ4v) is 2.23. The Morgan fingerprint density at radius 1 is 1.38 bits per heavy atom. The average molecular weight is 328 g/mol. The van der Waals surface area contributed by atoms with Gasteiger partial charge in [-0.25, -0.2) is 14.3 Å². The summed E-state index contributed by atoms with van der Waals surface area (Å²) in [4.78, 5) is 38.5. The van der Waals surface area contributed by atoms with Crippen molar-refractivity contribution >= 4 is 17.3 Å². The Kier molecular flexibility index (Phi) is 3.82. The number of fused-ring (bicyclic) bond motifs is 1. The number of nitrogens with zero attached hydrogens (tertiary/aromatic N) is 3. The SMILES string of the molecule is CCOC(=O)c1cc2nc(-c3cccc([N+](=O)[O-])c3)cc(=O)n2[nH]1. The van der Waals surface area contributed by atoms with E-state index >= 15 is 0 Å². The lowest BCUT2D eigenvalue weighted by Gasteiger charge is -2.01. The topological polar surface area (TPSA) is 120 Å². The highest BCUT2D eigenvalue weighted by atomic mass is 16.6. The Morgan fingerprint density at radius 2 is 2.17 bits per heavy atom. The number of rotatable bonds is 4. The van der Waals surface area contributed by atoms with Crippen LogP contribution >= 0.6 is 0 Å². The Balaban J connectivity index is 2.11. The van der Waals surface area contributed by atoms with E-state index in [9.17, 15) is 19.7 Å². The minimum absolute atomic E-state index is 0.0950. The number of nitro groups is 1. The van der Waals surface area contributed by atoms with Crippen molar-refractivity contribution < 1.29 is 14.5 Å². The van der Waals surface area contributed by atoms with E-state index in [1.807, 2.05) is 0 Å². The van der Waals surface area contributed by atoms with Gasteiger partial charge in [-0.15, -0.1) is 0 Å². The van der Waals surface area contributed by atoms with E-state index in [4.69, 9.17) is 4.74 Å². The average Bonchev–Trinajstić information content (AvgIpc) is 3.00. The largest absolute Gasteiger partial charge is 0.461 e. The highest BCUT2D eigenvalue weighted by molar-refractivity contribution is 5.88. The lowest BCUT2D eigenvalue weighted by atomic mass is 10.1. The van der Waals surface area contributed by atoms with Crippen LogP contribution in [0.2, 0.25) is 0 Å². The number of hydrogen-bond donors (Lipinski definition) is 1. The molecule has 0 saturated heterocycles. The predicted molar refractivity (Wildman–Crippen MR) is 83.9 cm³/mol. The maximum absolute atomic E-state index is 12.2. The second kappa shape index (κ2) is 5.95. The van der Waals surface area contributed by atoms with E-state index in [1.54, 1.807) is 13.0 Å². The van der Waals surface area contributed by atoms with Crippen molar-refractivity contribution in [3.05, 3.63) is 62.6 Å². The molecule has 122 valence electrons. The quantitative estimate of drug-likeness (QED) is 0.443. The first-order valence-electron chi connectivity index (χ1n) is 7.04. The fourth-order valence-electron chi connectivity index (χ4n) is 2.23. The molecule has 0 atom stereocenters. The normalized spacial score (nSPS) is 10.7. The minimum atomic E-state index is -0.598. The van der Waals surface area contributed by atoms with Crippen LogP contribution in [0.25, 0.3) is 16.9 Å². The molecule has 0 amide bonds. The number of aromatic amines is 1. The second-order valence-corrected chi connectivity index (χ2v) is 4.87. The van der Waals surface area contributed by atoms with Crippen molar-refractivity contribution in [3.8, 4) is 11.3 Å². The van der Waals surface area contributed by atoms with Crippen LogP contribution in [0.4, 0.5) is 5.69 Å². The van der Waals surface area contributed by atoms with Crippen LogP contribution in [0.1, 0.15) is 17.4 Å². The molecule has 0 radical (unpaired) electrons. The lowest BCUT2D eigenvalue weighted by molar-refractivity contribution is -0.384. The summed E-state index contributed by atoms with van der Waals surface area (Å²) in [5.74, 6) is -0.598. The molecule has 9 nitrogen and oxygen atoms in total. The van der Waals surface area contributed by atoms with Gasteiger partial charge in [0.05, 0.1) is 17.2 Å². The van der Waals surface area contributed by atoms with Crippen molar-refractivity contribution in [1.29, 1.82) is 0 Å². The number of benzene rings is 1. The molecule has 2 aromatic heterocycles. The molecule has 0 aliphatic heterocycles. The smallest absolute Gasteiger partial charge is 0.356 e. The third-order valence-electron chi connectivity index (χ3n) is 3.30. The number of esters is 1. The molecule has 3 aromatic rings. The zero-order chi connectivity index (χ0) is 17.3. The van der Waals surface area contributed by atoms with E-state index < -0.39 is 16.5 Å². The van der Waals surface area contributed by atoms with Crippen molar-refractivity contribution in [3.63, 3.8) is 0 Å². The molecule has 0 bridgehead atoms. The molecule has 0 fully saturated rings. The number of nitro benzene ring substituents is 1. The van der Waals surface area contributed by atoms with Gasteiger partial charge in [0.15, 0.2) is 5.65 Å². The Bertz CT molecular complexity index is 1000. The van der Waals surface area contributed by atoms with Gasteiger partial charge in [0, 0.05) is 29.8 Å². The van der Waals surface area contributed by atoms with Gasteiger partial charge in [-0.2, -0.15) is 0 Å². The summed E-state index contributed by atoms with van der Waals surface area (Å²) < 4.78 is 5.97. The van der Waals surface area contributed by atoms with Crippen LogP contribution in [0, 0.1) is 10.1 Å². The summed E-state index contributed by atoms with van der Waals surface area (Å²) in [6, 6.07) is 8.43. The van der Waals surface area contributed by atoms with Crippen LogP contribution in [0.5, 0.6) is 0 Å². The van der Waals surface area contributed by atoms with Gasteiger partial charge in [0.1, 0.15) is 5.69 Å². The summed E-state index contributed by atoms with van der Waals surface area (Å²) in [7, 11) is 0. The first kappa shape index (κ1) is 15.4. The molecule has 0 saturated carbocycles. The van der Waals surface area contributed by atoms with Gasteiger partial charge in [0.25, 0.3) is 11.2 Å². The summed E-state index contributed by atoms with van der Waals surface area (Å²) >= 11 is 0. The molecule has 1 aromatic carbocycles. The summed E-state index contributed by atoms with van der Waals surface area (Å²) in [5.41, 5.74) is 0.471. The van der Waals surface area contributed by atoms with E-state index in [0.29, 0.717) is 5.56 Å². The highest BCUT2D eigenvalue weighted by Gasteiger charge is 2.14. The number of H-pyrrole nitrogens is 1. The van der Waals surface area contributed by atoms with Crippen molar-refractivity contribution in [1.82, 2.24) is 14.6 Å². The number of nitrogens with one attached hydrogen (secondary N) is 1. The number of carbonyl (C=O) groups excluding carboxylic acids is 1.